The number of rotatable bonds is 6. The van der Waals surface area contributed by atoms with Gasteiger partial charge in [0.1, 0.15) is 5.60 Å². The van der Waals surface area contributed by atoms with Crippen molar-refractivity contribution in [1.82, 2.24) is 15.5 Å². The van der Waals surface area contributed by atoms with Gasteiger partial charge in [0.25, 0.3) is 0 Å². The highest BCUT2D eigenvalue weighted by molar-refractivity contribution is 5.81. The molecule has 1 aliphatic heterocycles. The predicted octanol–water partition coefficient (Wildman–Crippen LogP) is 2.14. The molecular weight excluding hydrogens is 294 g/mol. The first kappa shape index (κ1) is 19.7. The second-order valence-corrected chi connectivity index (χ2v) is 7.33. The van der Waals surface area contributed by atoms with Crippen LogP contribution in [-0.2, 0) is 9.53 Å². The molecule has 0 aliphatic carbocycles. The number of ether oxygens (including phenoxy) is 1. The van der Waals surface area contributed by atoms with Gasteiger partial charge in [0.2, 0.25) is 5.91 Å². The Labute approximate surface area is 140 Å². The first-order valence-corrected chi connectivity index (χ1v) is 8.72. The Kier molecular flexibility index (Phi) is 7.82. The van der Waals surface area contributed by atoms with Crippen LogP contribution in [0.1, 0.15) is 53.9 Å². The first-order chi connectivity index (χ1) is 10.7. The molecule has 1 saturated heterocycles. The number of hydrogen-bond donors (Lipinski definition) is 2. The molecule has 0 radical (unpaired) electrons. The van der Waals surface area contributed by atoms with Crippen LogP contribution in [0.2, 0.25) is 0 Å². The first-order valence-electron chi connectivity index (χ1n) is 8.72. The van der Waals surface area contributed by atoms with Crippen molar-refractivity contribution in [2.45, 2.75) is 65.5 Å². The quantitative estimate of drug-likeness (QED) is 0.784. The molecule has 1 heterocycles. The van der Waals surface area contributed by atoms with E-state index in [1.165, 1.54) is 0 Å². The minimum absolute atomic E-state index is 0.0537. The third-order valence-electron chi connectivity index (χ3n) is 3.92. The van der Waals surface area contributed by atoms with Crippen molar-refractivity contribution in [3.63, 3.8) is 0 Å². The van der Waals surface area contributed by atoms with E-state index in [0.29, 0.717) is 5.92 Å². The van der Waals surface area contributed by atoms with Crippen molar-refractivity contribution in [1.29, 1.82) is 0 Å². The van der Waals surface area contributed by atoms with Gasteiger partial charge in [-0.2, -0.15) is 0 Å². The molecule has 0 bridgehead atoms. The summed E-state index contributed by atoms with van der Waals surface area (Å²) in [5, 5.41) is 6.19. The molecule has 1 atom stereocenters. The van der Waals surface area contributed by atoms with Crippen LogP contribution >= 0.6 is 0 Å². The summed E-state index contributed by atoms with van der Waals surface area (Å²) in [6, 6.07) is -0.176. The van der Waals surface area contributed by atoms with Crippen LogP contribution in [0.15, 0.2) is 0 Å². The van der Waals surface area contributed by atoms with Gasteiger partial charge in [-0.25, -0.2) is 4.79 Å². The Balaban J connectivity index is 2.26. The SMILES string of the molecule is CCCNC(=O)C(C)NCC1CCN(C(=O)OC(C)(C)C)CC1. The fourth-order valence-corrected chi connectivity index (χ4v) is 2.48. The van der Waals surface area contributed by atoms with Gasteiger partial charge >= 0.3 is 6.09 Å². The highest BCUT2D eigenvalue weighted by atomic mass is 16.6. The van der Waals surface area contributed by atoms with Crippen LogP contribution in [0.3, 0.4) is 0 Å². The fraction of sp³-hybridized carbons (Fsp3) is 0.882. The van der Waals surface area contributed by atoms with E-state index in [4.69, 9.17) is 4.74 Å². The van der Waals surface area contributed by atoms with E-state index in [1.807, 2.05) is 34.6 Å². The molecule has 6 nitrogen and oxygen atoms in total. The molecule has 1 unspecified atom stereocenters. The van der Waals surface area contributed by atoms with E-state index in [9.17, 15) is 9.59 Å². The predicted molar refractivity (Wildman–Crippen MR) is 91.3 cm³/mol. The van der Waals surface area contributed by atoms with Crippen LogP contribution in [0.4, 0.5) is 4.79 Å². The number of nitrogens with zero attached hydrogens (tertiary/aromatic N) is 1. The second-order valence-electron chi connectivity index (χ2n) is 7.33. The van der Waals surface area contributed by atoms with Crippen molar-refractivity contribution < 1.29 is 14.3 Å². The zero-order valence-corrected chi connectivity index (χ0v) is 15.3. The lowest BCUT2D eigenvalue weighted by molar-refractivity contribution is -0.122. The van der Waals surface area contributed by atoms with E-state index in [2.05, 4.69) is 10.6 Å². The number of carbonyl (C=O) groups excluding carboxylic acids is 2. The van der Waals surface area contributed by atoms with Crippen LogP contribution in [0, 0.1) is 5.92 Å². The summed E-state index contributed by atoms with van der Waals surface area (Å²) in [4.78, 5) is 25.6. The van der Waals surface area contributed by atoms with E-state index >= 15 is 0 Å². The average molecular weight is 327 g/mol. The molecule has 1 rings (SSSR count). The van der Waals surface area contributed by atoms with Gasteiger partial charge in [-0.15, -0.1) is 0 Å². The zero-order valence-electron chi connectivity index (χ0n) is 15.3. The topological polar surface area (TPSA) is 70.7 Å². The number of amides is 2. The second kappa shape index (κ2) is 9.11. The van der Waals surface area contributed by atoms with Gasteiger partial charge in [-0.05, 0) is 59.4 Å². The fourth-order valence-electron chi connectivity index (χ4n) is 2.48. The summed E-state index contributed by atoms with van der Waals surface area (Å²) < 4.78 is 5.40. The standard InChI is InChI=1S/C17H33N3O3/c1-6-9-18-15(21)13(2)19-12-14-7-10-20(11-8-14)16(22)23-17(3,4)5/h13-14,19H,6-12H2,1-5H3,(H,18,21). The lowest BCUT2D eigenvalue weighted by Crippen LogP contribution is -2.46. The van der Waals surface area contributed by atoms with Gasteiger partial charge in [0.15, 0.2) is 0 Å². The molecular formula is C17H33N3O3. The minimum atomic E-state index is -0.448. The molecule has 0 aromatic carbocycles. The molecule has 0 spiro atoms. The van der Waals surface area contributed by atoms with Crippen LogP contribution in [-0.4, -0.2) is 54.7 Å². The molecule has 2 N–H and O–H groups in total. The Morgan fingerprint density at radius 2 is 1.87 bits per heavy atom. The van der Waals surface area contributed by atoms with Crippen molar-refractivity contribution >= 4 is 12.0 Å². The maximum absolute atomic E-state index is 12.0. The van der Waals surface area contributed by atoms with Crippen molar-refractivity contribution in [3.05, 3.63) is 0 Å². The van der Waals surface area contributed by atoms with E-state index < -0.39 is 5.60 Å². The molecule has 1 aliphatic rings. The lowest BCUT2D eigenvalue weighted by atomic mass is 9.97. The van der Waals surface area contributed by atoms with Crippen molar-refractivity contribution in [2.75, 3.05) is 26.2 Å². The summed E-state index contributed by atoms with van der Waals surface area (Å²) in [6.07, 6.45) is 2.60. The van der Waals surface area contributed by atoms with Crippen LogP contribution in [0.25, 0.3) is 0 Å². The molecule has 134 valence electrons. The van der Waals surface area contributed by atoms with Crippen LogP contribution < -0.4 is 10.6 Å². The van der Waals surface area contributed by atoms with Gasteiger partial charge in [-0.3, -0.25) is 4.79 Å². The normalized spacial score (nSPS) is 17.7. The average Bonchev–Trinajstić information content (AvgIpc) is 2.49. The minimum Gasteiger partial charge on any atom is -0.444 e. The smallest absolute Gasteiger partial charge is 0.410 e. The van der Waals surface area contributed by atoms with E-state index in [-0.39, 0.29) is 18.0 Å². The zero-order chi connectivity index (χ0) is 17.5. The molecule has 0 aromatic heterocycles. The lowest BCUT2D eigenvalue weighted by Gasteiger charge is -2.33. The Hall–Kier alpha value is -1.30. The van der Waals surface area contributed by atoms with Gasteiger partial charge in [-0.1, -0.05) is 6.92 Å². The molecule has 1 fully saturated rings. The summed E-state index contributed by atoms with van der Waals surface area (Å²) in [5.41, 5.74) is -0.448. The molecule has 2 amide bonds. The number of carbonyl (C=O) groups is 2. The van der Waals surface area contributed by atoms with Crippen molar-refractivity contribution in [3.8, 4) is 0 Å². The summed E-state index contributed by atoms with van der Waals surface area (Å²) in [5.74, 6) is 0.549. The largest absolute Gasteiger partial charge is 0.444 e. The Morgan fingerprint density at radius 1 is 1.26 bits per heavy atom. The van der Waals surface area contributed by atoms with Crippen molar-refractivity contribution in [2.24, 2.45) is 5.92 Å². The Bertz CT molecular complexity index is 385. The molecule has 23 heavy (non-hydrogen) atoms. The van der Waals surface area contributed by atoms with Gasteiger partial charge in [0.05, 0.1) is 6.04 Å². The third-order valence-corrected chi connectivity index (χ3v) is 3.92. The molecule has 0 saturated carbocycles. The number of piperidine rings is 1. The summed E-state index contributed by atoms with van der Waals surface area (Å²) in [7, 11) is 0. The summed E-state index contributed by atoms with van der Waals surface area (Å²) >= 11 is 0. The number of hydrogen-bond acceptors (Lipinski definition) is 4. The number of likely N-dealkylation sites (tertiary alicyclic amines) is 1. The third kappa shape index (κ3) is 7.68. The highest BCUT2D eigenvalue weighted by Crippen LogP contribution is 2.19. The number of nitrogens with one attached hydrogen (secondary N) is 2. The monoisotopic (exact) mass is 327 g/mol. The van der Waals surface area contributed by atoms with Crippen LogP contribution in [0.5, 0.6) is 0 Å². The van der Waals surface area contributed by atoms with Gasteiger partial charge in [0, 0.05) is 19.6 Å². The summed E-state index contributed by atoms with van der Waals surface area (Å²) in [6.45, 7) is 12.5. The Morgan fingerprint density at radius 3 is 2.39 bits per heavy atom. The van der Waals surface area contributed by atoms with Gasteiger partial charge < -0.3 is 20.3 Å². The maximum Gasteiger partial charge on any atom is 0.410 e. The van der Waals surface area contributed by atoms with E-state index in [0.717, 1.165) is 45.4 Å². The maximum atomic E-state index is 12.0. The molecule has 0 aromatic rings. The van der Waals surface area contributed by atoms with E-state index in [1.54, 1.807) is 4.90 Å². The molecule has 6 heteroatoms. The highest BCUT2D eigenvalue weighted by Gasteiger charge is 2.27.